The maximum Gasteiger partial charge on any atom is 0.167 e. The predicted molar refractivity (Wildman–Crippen MR) is 262 cm³/mol. The van der Waals surface area contributed by atoms with Gasteiger partial charge in [0.05, 0.1) is 16.6 Å². The van der Waals surface area contributed by atoms with E-state index in [4.69, 9.17) is 19.4 Å². The lowest BCUT2D eigenvalue weighted by atomic mass is 9.89. The molecule has 0 amide bonds. The van der Waals surface area contributed by atoms with E-state index >= 15 is 0 Å². The van der Waals surface area contributed by atoms with Gasteiger partial charge in [0.15, 0.2) is 17.5 Å². The second kappa shape index (κ2) is 14.8. The van der Waals surface area contributed by atoms with Gasteiger partial charge in [0.25, 0.3) is 0 Å². The topological polar surface area (TPSA) is 56.7 Å². The van der Waals surface area contributed by atoms with E-state index in [9.17, 15) is 0 Å². The molecule has 0 saturated heterocycles. The highest BCUT2D eigenvalue weighted by molar-refractivity contribution is 6.37. The Morgan fingerprint density at radius 2 is 1.05 bits per heavy atom. The van der Waals surface area contributed by atoms with Crippen molar-refractivity contribution in [3.05, 3.63) is 200 Å². The average Bonchev–Trinajstić information content (AvgIpc) is 3.91. The zero-order valence-corrected chi connectivity index (χ0v) is 34.9. The van der Waals surface area contributed by atoms with Crippen molar-refractivity contribution in [3.8, 4) is 51.0 Å². The highest BCUT2D eigenvalue weighted by atomic mass is 16.3. The summed E-state index contributed by atoms with van der Waals surface area (Å²) in [5, 5.41) is 9.51. The Labute approximate surface area is 364 Å². The first-order valence-electron chi connectivity index (χ1n) is 21.6. The highest BCUT2D eigenvalue weighted by Gasteiger charge is 2.24. The second-order valence-corrected chi connectivity index (χ2v) is 16.1. The van der Waals surface area contributed by atoms with Crippen LogP contribution in [0, 0.1) is 0 Å². The first-order valence-corrected chi connectivity index (χ1v) is 21.6. The summed E-state index contributed by atoms with van der Waals surface area (Å²) in [6, 6.07) is 62.2. The fraction of sp³-hybridized carbons (Fsp3) is 0.0517. The molecule has 5 nitrogen and oxygen atoms in total. The van der Waals surface area contributed by atoms with Crippen LogP contribution in [0.4, 0.5) is 0 Å². The van der Waals surface area contributed by atoms with Crippen LogP contribution in [0.3, 0.4) is 0 Å². The molecule has 0 unspecified atom stereocenters. The fourth-order valence-electron chi connectivity index (χ4n) is 9.71. The van der Waals surface area contributed by atoms with Crippen molar-refractivity contribution in [3.63, 3.8) is 0 Å². The van der Waals surface area contributed by atoms with Gasteiger partial charge in [-0.3, -0.25) is 0 Å². The van der Waals surface area contributed by atoms with Crippen LogP contribution in [-0.4, -0.2) is 19.5 Å². The minimum absolute atomic E-state index is 0.557. The van der Waals surface area contributed by atoms with Gasteiger partial charge < -0.3 is 8.98 Å². The maximum absolute atomic E-state index is 7.16. The van der Waals surface area contributed by atoms with Crippen molar-refractivity contribution in [2.24, 2.45) is 0 Å². The molecule has 0 spiro atoms. The smallest absolute Gasteiger partial charge is 0.167 e. The van der Waals surface area contributed by atoms with Gasteiger partial charge in [-0.05, 0) is 76.5 Å². The lowest BCUT2D eigenvalue weighted by Crippen LogP contribution is -2.00. The molecule has 9 aromatic carbocycles. The van der Waals surface area contributed by atoms with E-state index in [0.717, 1.165) is 67.4 Å². The van der Waals surface area contributed by atoms with Gasteiger partial charge in [-0.1, -0.05) is 171 Å². The molecule has 3 heterocycles. The third-order valence-electron chi connectivity index (χ3n) is 12.4. The van der Waals surface area contributed by atoms with Gasteiger partial charge >= 0.3 is 0 Å². The molecule has 5 heteroatoms. The van der Waals surface area contributed by atoms with Crippen molar-refractivity contribution >= 4 is 70.9 Å². The predicted octanol–water partition coefficient (Wildman–Crippen LogP) is 15.6. The number of nitrogens with zero attached hydrogens (tertiary/aromatic N) is 4. The fourth-order valence-corrected chi connectivity index (χ4v) is 9.71. The molecule has 0 bridgehead atoms. The summed E-state index contributed by atoms with van der Waals surface area (Å²) < 4.78 is 9.57. The van der Waals surface area contributed by atoms with Crippen LogP contribution in [0.1, 0.15) is 25.8 Å². The van der Waals surface area contributed by atoms with E-state index in [0.29, 0.717) is 17.5 Å². The third-order valence-corrected chi connectivity index (χ3v) is 12.4. The van der Waals surface area contributed by atoms with Gasteiger partial charge in [-0.2, -0.15) is 0 Å². The van der Waals surface area contributed by atoms with E-state index in [1.165, 1.54) is 48.9 Å². The monoisotopic (exact) mass is 808 g/mol. The van der Waals surface area contributed by atoms with Crippen LogP contribution in [0.15, 0.2) is 199 Å². The Morgan fingerprint density at radius 3 is 1.78 bits per heavy atom. The molecule has 0 fully saturated rings. The van der Waals surface area contributed by atoms with Crippen molar-refractivity contribution in [2.45, 2.75) is 20.3 Å². The number of para-hydroxylation sites is 3. The summed E-state index contributed by atoms with van der Waals surface area (Å²) in [6.07, 6.45) is 7.43. The number of aromatic nitrogens is 4. The van der Waals surface area contributed by atoms with Crippen LogP contribution < -0.4 is 0 Å². The summed E-state index contributed by atoms with van der Waals surface area (Å²) in [5.74, 6) is 1.77. The lowest BCUT2D eigenvalue weighted by molar-refractivity contribution is 0.670. The van der Waals surface area contributed by atoms with Gasteiger partial charge in [-0.15, -0.1) is 0 Å². The van der Waals surface area contributed by atoms with Crippen LogP contribution in [0.2, 0.25) is 0 Å². The molecule has 0 aliphatic carbocycles. The van der Waals surface area contributed by atoms with Gasteiger partial charge in [0.1, 0.15) is 11.2 Å². The maximum atomic E-state index is 7.16. The van der Waals surface area contributed by atoms with Crippen LogP contribution in [-0.2, 0) is 0 Å². The molecule has 12 aromatic rings. The first kappa shape index (κ1) is 36.7. The zero-order valence-electron chi connectivity index (χ0n) is 34.9. The molecular weight excluding hydrogens is 769 g/mol. The van der Waals surface area contributed by atoms with Crippen molar-refractivity contribution in [1.82, 2.24) is 19.5 Å². The van der Waals surface area contributed by atoms with E-state index in [2.05, 4.69) is 175 Å². The molecule has 0 saturated carbocycles. The Morgan fingerprint density at radius 1 is 0.476 bits per heavy atom. The van der Waals surface area contributed by atoms with Crippen LogP contribution in [0.5, 0.6) is 0 Å². The van der Waals surface area contributed by atoms with Gasteiger partial charge in [0.2, 0.25) is 0 Å². The number of hydrogen-bond donors (Lipinski definition) is 0. The van der Waals surface area contributed by atoms with Crippen molar-refractivity contribution in [2.75, 3.05) is 0 Å². The lowest BCUT2D eigenvalue weighted by Gasteiger charge is -2.13. The minimum atomic E-state index is 0.557. The van der Waals surface area contributed by atoms with Crippen LogP contribution in [0.25, 0.3) is 122 Å². The molecular formula is C58H40N4O. The quantitative estimate of drug-likeness (QED) is 0.113. The largest absolute Gasteiger partial charge is 0.455 e. The molecule has 0 atom stereocenters. The Bertz CT molecular complexity index is 3760. The normalized spacial score (nSPS) is 12.4. The van der Waals surface area contributed by atoms with E-state index in [1.807, 2.05) is 37.3 Å². The SMILES string of the molecule is C/C=C\C(=C/CC)c1ccc(-c2nc(-c3ccccc3)nc(-c3cccc4c3oc3c(-c5ccc6c7c5c5ccccc5c5cccc(c57)n6-c5ccccc5)cccc34)n2)cc1. The molecule has 0 aliphatic heterocycles. The number of hydrogen-bond acceptors (Lipinski definition) is 4. The van der Waals surface area contributed by atoms with Crippen molar-refractivity contribution in [1.29, 1.82) is 0 Å². The van der Waals surface area contributed by atoms with E-state index < -0.39 is 0 Å². The van der Waals surface area contributed by atoms with E-state index in [1.54, 1.807) is 0 Å². The minimum Gasteiger partial charge on any atom is -0.455 e. The zero-order chi connectivity index (χ0) is 42.0. The van der Waals surface area contributed by atoms with E-state index in [-0.39, 0.29) is 0 Å². The second-order valence-electron chi connectivity index (χ2n) is 16.1. The summed E-state index contributed by atoms with van der Waals surface area (Å²) in [6.45, 7) is 4.21. The number of benzene rings is 9. The molecule has 0 aliphatic rings. The Hall–Kier alpha value is -8.15. The number of fused-ring (bicyclic) bond motifs is 6. The average molecular weight is 809 g/mol. The summed E-state index contributed by atoms with van der Waals surface area (Å²) >= 11 is 0. The first-order chi connectivity index (χ1) is 31.2. The standard InChI is InChI=1S/C58H40N4O/c1-3-16-36(17-4-2)37-30-32-39(33-31-37)57-59-56(38-18-7-5-8-19-38)60-58(61-57)48-28-14-27-47-46-26-13-25-45(54(46)63-55(47)48)44-34-35-50-53-51(44)42-23-12-11-22-41(42)43-24-15-29-49(52(43)53)62(50)40-20-9-6-10-21-40/h3,5-35H,4H2,1-2H3/b16-3-,36-17+. The summed E-state index contributed by atoms with van der Waals surface area (Å²) in [7, 11) is 0. The molecule has 0 N–H and O–H groups in total. The Balaban J connectivity index is 1.08. The summed E-state index contributed by atoms with van der Waals surface area (Å²) in [5.41, 5.74) is 12.2. The van der Waals surface area contributed by atoms with Crippen LogP contribution >= 0.6 is 0 Å². The molecule has 12 rings (SSSR count). The molecule has 298 valence electrons. The molecule has 63 heavy (non-hydrogen) atoms. The molecule has 0 radical (unpaired) electrons. The summed E-state index contributed by atoms with van der Waals surface area (Å²) in [4.78, 5) is 15.4. The molecule has 3 aromatic heterocycles. The number of rotatable bonds is 8. The van der Waals surface area contributed by atoms with Gasteiger partial charge in [0, 0.05) is 49.3 Å². The third kappa shape index (κ3) is 5.81. The number of furan rings is 1. The Kier molecular flexibility index (Phi) is 8.61. The van der Waals surface area contributed by atoms with Crippen molar-refractivity contribution < 1.29 is 4.42 Å². The highest BCUT2D eigenvalue weighted by Crippen LogP contribution is 2.49. The number of allylic oxidation sites excluding steroid dienone is 4. The van der Waals surface area contributed by atoms with Gasteiger partial charge in [-0.25, -0.2) is 15.0 Å².